The highest BCUT2D eigenvalue weighted by Crippen LogP contribution is 2.36. The lowest BCUT2D eigenvalue weighted by Gasteiger charge is -2.35. The summed E-state index contributed by atoms with van der Waals surface area (Å²) in [5.41, 5.74) is 0.907. The number of amides is 2. The molecule has 2 fully saturated rings. The van der Waals surface area contributed by atoms with E-state index in [1.807, 2.05) is 30.9 Å². The van der Waals surface area contributed by atoms with Crippen molar-refractivity contribution in [3.8, 4) is 5.75 Å². The van der Waals surface area contributed by atoms with E-state index in [0.29, 0.717) is 23.6 Å². The average Bonchev–Trinajstić information content (AvgIpc) is 3.60. The van der Waals surface area contributed by atoms with Gasteiger partial charge in [-0.2, -0.15) is 0 Å². The first-order valence-corrected chi connectivity index (χ1v) is 14.7. The minimum Gasteiger partial charge on any atom is -0.491 e. The van der Waals surface area contributed by atoms with Crippen LogP contribution in [0.15, 0.2) is 29.6 Å². The predicted octanol–water partition coefficient (Wildman–Crippen LogP) is 4.50. The van der Waals surface area contributed by atoms with E-state index in [2.05, 4.69) is 10.6 Å². The smallest absolute Gasteiger partial charge is 0.246 e. The van der Waals surface area contributed by atoms with Crippen LogP contribution in [0, 0.1) is 5.92 Å². The molecule has 38 heavy (non-hydrogen) atoms. The zero-order valence-electron chi connectivity index (χ0n) is 22.9. The van der Waals surface area contributed by atoms with Gasteiger partial charge in [-0.05, 0) is 71.6 Å². The predicted molar refractivity (Wildman–Crippen MR) is 148 cm³/mol. The molecule has 1 aliphatic carbocycles. The molecule has 1 aliphatic heterocycles. The first-order chi connectivity index (χ1) is 18.3. The number of rotatable bonds is 10. The molecule has 3 atom stereocenters. The van der Waals surface area contributed by atoms with Gasteiger partial charge in [0.25, 0.3) is 0 Å². The standard InChI is InChI=1S/C29H40N4O4S/c1-18(2)37-22-13-8-12-21(16-22)26(34)23-17-38-28(31-23)24-14-9-15-33(24)29(36)25(20-10-6-5-7-11-20)32-27(35)19(3)30-4/h8,12-13,16-20,24-25,30H,5-7,9-11,14-15H2,1-4H3,(H,32,35)/t19-,24-,25-/m0/s1. The summed E-state index contributed by atoms with van der Waals surface area (Å²) in [5, 5.41) is 8.60. The molecule has 1 aromatic heterocycles. The number of carbonyl (C=O) groups excluding carboxylic acids is 3. The lowest BCUT2D eigenvalue weighted by Crippen LogP contribution is -2.55. The van der Waals surface area contributed by atoms with E-state index in [1.165, 1.54) is 17.8 Å². The molecule has 9 heteroatoms. The lowest BCUT2D eigenvalue weighted by molar-refractivity contribution is -0.139. The first kappa shape index (κ1) is 28.2. The maximum absolute atomic E-state index is 13.9. The summed E-state index contributed by atoms with van der Waals surface area (Å²) in [7, 11) is 1.74. The summed E-state index contributed by atoms with van der Waals surface area (Å²) in [6, 6.07) is 6.06. The van der Waals surface area contributed by atoms with Gasteiger partial charge in [0.15, 0.2) is 0 Å². The van der Waals surface area contributed by atoms with E-state index in [0.717, 1.165) is 43.5 Å². The molecule has 4 rings (SSSR count). The summed E-state index contributed by atoms with van der Waals surface area (Å²) in [5.74, 6) is 0.443. The zero-order chi connectivity index (χ0) is 27.2. The Morgan fingerprint density at radius 1 is 1.08 bits per heavy atom. The number of likely N-dealkylation sites (N-methyl/N-ethyl adjacent to an activating group) is 1. The molecule has 2 aliphatic rings. The lowest BCUT2D eigenvalue weighted by atomic mass is 9.83. The number of benzene rings is 1. The van der Waals surface area contributed by atoms with Crippen LogP contribution in [0.1, 0.15) is 92.8 Å². The van der Waals surface area contributed by atoms with Gasteiger partial charge in [0.05, 0.1) is 18.2 Å². The van der Waals surface area contributed by atoms with Gasteiger partial charge in [0.2, 0.25) is 17.6 Å². The highest BCUT2D eigenvalue weighted by molar-refractivity contribution is 7.10. The quantitative estimate of drug-likeness (QED) is 0.431. The molecule has 0 unspecified atom stereocenters. The second-order valence-electron chi connectivity index (χ2n) is 10.7. The fraction of sp³-hybridized carbons (Fsp3) is 0.586. The normalized spacial score (nSPS) is 19.8. The van der Waals surface area contributed by atoms with Gasteiger partial charge < -0.3 is 20.3 Å². The number of likely N-dealkylation sites (tertiary alicyclic amines) is 1. The Labute approximate surface area is 229 Å². The number of ketones is 1. The fourth-order valence-corrected chi connectivity index (χ4v) is 6.34. The van der Waals surface area contributed by atoms with Crippen LogP contribution in [-0.4, -0.2) is 59.3 Å². The molecular formula is C29H40N4O4S. The molecule has 2 aromatic rings. The number of hydrogen-bond acceptors (Lipinski definition) is 7. The molecule has 1 saturated heterocycles. The van der Waals surface area contributed by atoms with Gasteiger partial charge in [0, 0.05) is 17.5 Å². The fourth-order valence-electron chi connectivity index (χ4n) is 5.40. The van der Waals surface area contributed by atoms with Crippen LogP contribution in [0.3, 0.4) is 0 Å². The number of thiazole rings is 1. The van der Waals surface area contributed by atoms with E-state index in [-0.39, 0.29) is 41.7 Å². The summed E-state index contributed by atoms with van der Waals surface area (Å²) < 4.78 is 5.74. The summed E-state index contributed by atoms with van der Waals surface area (Å²) >= 11 is 1.42. The third kappa shape index (κ3) is 6.61. The zero-order valence-corrected chi connectivity index (χ0v) is 23.7. The third-order valence-electron chi connectivity index (χ3n) is 7.55. The number of aromatic nitrogens is 1. The second-order valence-corrected chi connectivity index (χ2v) is 11.6. The van der Waals surface area contributed by atoms with Crippen molar-refractivity contribution in [3.63, 3.8) is 0 Å². The van der Waals surface area contributed by atoms with Crippen LogP contribution < -0.4 is 15.4 Å². The van der Waals surface area contributed by atoms with Gasteiger partial charge in [0.1, 0.15) is 22.5 Å². The van der Waals surface area contributed by atoms with Gasteiger partial charge in [-0.1, -0.05) is 31.4 Å². The topological polar surface area (TPSA) is 101 Å². The molecule has 2 N–H and O–H groups in total. The van der Waals surface area contributed by atoms with Crippen LogP contribution >= 0.6 is 11.3 Å². The van der Waals surface area contributed by atoms with Crippen LogP contribution in [0.25, 0.3) is 0 Å². The molecule has 2 amide bonds. The number of carbonyl (C=O) groups is 3. The van der Waals surface area contributed by atoms with Crippen LogP contribution in [0.2, 0.25) is 0 Å². The van der Waals surface area contributed by atoms with E-state index < -0.39 is 6.04 Å². The first-order valence-electron chi connectivity index (χ1n) is 13.8. The van der Waals surface area contributed by atoms with Gasteiger partial charge in [-0.15, -0.1) is 11.3 Å². The molecule has 0 bridgehead atoms. The van der Waals surface area contributed by atoms with Gasteiger partial charge in [-0.3, -0.25) is 14.4 Å². The summed E-state index contributed by atoms with van der Waals surface area (Å²) in [4.78, 5) is 46.5. The van der Waals surface area contributed by atoms with Crippen molar-refractivity contribution in [2.24, 2.45) is 5.92 Å². The molecule has 8 nitrogen and oxygen atoms in total. The van der Waals surface area contributed by atoms with Gasteiger partial charge >= 0.3 is 0 Å². The van der Waals surface area contributed by atoms with Crippen molar-refractivity contribution in [3.05, 3.63) is 45.9 Å². The Hall–Kier alpha value is -2.78. The Morgan fingerprint density at radius 2 is 1.84 bits per heavy atom. The Bertz CT molecular complexity index is 1130. The number of ether oxygens (including phenoxy) is 1. The molecular weight excluding hydrogens is 500 g/mol. The van der Waals surface area contributed by atoms with Crippen molar-refractivity contribution in [2.75, 3.05) is 13.6 Å². The molecule has 1 saturated carbocycles. The molecule has 206 valence electrons. The number of nitrogens with zero attached hydrogens (tertiary/aromatic N) is 2. The van der Waals surface area contributed by atoms with Crippen molar-refractivity contribution in [2.45, 2.75) is 89.9 Å². The minimum atomic E-state index is -0.538. The minimum absolute atomic E-state index is 0.0146. The maximum atomic E-state index is 13.9. The van der Waals surface area contributed by atoms with E-state index in [1.54, 1.807) is 31.5 Å². The SMILES string of the molecule is CN[C@@H](C)C(=O)N[C@H](C(=O)N1CCC[C@H]1c1nc(C(=O)c2cccc(OC(C)C)c2)cs1)C1CCCCC1. The third-order valence-corrected chi connectivity index (χ3v) is 8.50. The van der Waals surface area contributed by atoms with E-state index >= 15 is 0 Å². The Morgan fingerprint density at radius 3 is 2.55 bits per heavy atom. The van der Waals surface area contributed by atoms with Gasteiger partial charge in [-0.25, -0.2) is 4.98 Å². The van der Waals surface area contributed by atoms with Crippen molar-refractivity contribution < 1.29 is 19.1 Å². The van der Waals surface area contributed by atoms with Crippen molar-refractivity contribution in [1.82, 2.24) is 20.5 Å². The Balaban J connectivity index is 1.52. The van der Waals surface area contributed by atoms with Crippen LogP contribution in [0.4, 0.5) is 0 Å². The molecule has 2 heterocycles. The molecule has 1 aromatic carbocycles. The highest BCUT2D eigenvalue weighted by atomic mass is 32.1. The molecule has 0 spiro atoms. The summed E-state index contributed by atoms with van der Waals surface area (Å²) in [6.45, 7) is 6.32. The largest absolute Gasteiger partial charge is 0.491 e. The average molecular weight is 541 g/mol. The highest BCUT2D eigenvalue weighted by Gasteiger charge is 2.40. The maximum Gasteiger partial charge on any atom is 0.246 e. The number of nitrogens with one attached hydrogen (secondary N) is 2. The van der Waals surface area contributed by atoms with Crippen LogP contribution in [0.5, 0.6) is 5.75 Å². The Kier molecular flexibility index (Phi) is 9.54. The van der Waals surface area contributed by atoms with Crippen LogP contribution in [-0.2, 0) is 9.59 Å². The van der Waals surface area contributed by atoms with E-state index in [4.69, 9.17) is 9.72 Å². The van der Waals surface area contributed by atoms with E-state index in [9.17, 15) is 14.4 Å². The van der Waals surface area contributed by atoms with Crippen molar-refractivity contribution in [1.29, 1.82) is 0 Å². The molecule has 0 radical (unpaired) electrons. The number of hydrogen-bond donors (Lipinski definition) is 2. The summed E-state index contributed by atoms with van der Waals surface area (Å²) in [6.07, 6.45) is 6.90. The monoisotopic (exact) mass is 540 g/mol. The second kappa shape index (κ2) is 12.8. The van der Waals surface area contributed by atoms with Crippen molar-refractivity contribution >= 4 is 28.9 Å².